The van der Waals surface area contributed by atoms with Crippen LogP contribution >= 0.6 is 0 Å². The zero-order valence-corrected chi connectivity index (χ0v) is 11.6. The number of rotatable bonds is 5. The van der Waals surface area contributed by atoms with E-state index in [0.29, 0.717) is 18.2 Å². The van der Waals surface area contributed by atoms with Crippen LogP contribution in [-0.4, -0.2) is 41.8 Å². The van der Waals surface area contributed by atoms with Crippen LogP contribution in [0.3, 0.4) is 0 Å². The normalized spacial score (nSPS) is 17.3. The fourth-order valence-corrected chi connectivity index (χ4v) is 2.61. The molecule has 1 heterocycles. The Balaban J connectivity index is 2.00. The summed E-state index contributed by atoms with van der Waals surface area (Å²) in [6, 6.07) is 3.84. The number of hydrogen-bond donors (Lipinski definition) is 1. The van der Waals surface area contributed by atoms with E-state index in [1.807, 2.05) is 6.92 Å². The Hall–Kier alpha value is -1.46. The molecule has 0 atom stereocenters. The number of nitrogens with zero attached hydrogens (tertiary/aromatic N) is 1. The van der Waals surface area contributed by atoms with Gasteiger partial charge in [-0.3, -0.25) is 4.90 Å². The highest BCUT2D eigenvalue weighted by Crippen LogP contribution is 2.19. The number of hydrogen-bond acceptors (Lipinski definition) is 3. The Kier molecular flexibility index (Phi) is 5.09. The van der Waals surface area contributed by atoms with Gasteiger partial charge in [0.05, 0.1) is 11.7 Å². The van der Waals surface area contributed by atoms with Gasteiger partial charge in [0.15, 0.2) is 0 Å². The van der Waals surface area contributed by atoms with E-state index in [1.54, 1.807) is 0 Å². The summed E-state index contributed by atoms with van der Waals surface area (Å²) in [5.41, 5.74) is 0.714. The second kappa shape index (κ2) is 6.81. The third-order valence-corrected chi connectivity index (χ3v) is 3.63. The molecular formula is C15H20FNO3. The van der Waals surface area contributed by atoms with Gasteiger partial charge in [0.2, 0.25) is 0 Å². The van der Waals surface area contributed by atoms with Crippen molar-refractivity contribution in [3.05, 3.63) is 35.1 Å². The summed E-state index contributed by atoms with van der Waals surface area (Å²) in [6.07, 6.45) is 2.17. The van der Waals surface area contributed by atoms with Crippen LogP contribution < -0.4 is 0 Å². The van der Waals surface area contributed by atoms with Crippen LogP contribution in [0, 0.1) is 5.82 Å². The molecule has 0 unspecified atom stereocenters. The summed E-state index contributed by atoms with van der Waals surface area (Å²) in [5, 5.41) is 9.14. The first-order valence-electron chi connectivity index (χ1n) is 6.95. The van der Waals surface area contributed by atoms with Crippen molar-refractivity contribution < 1.29 is 19.0 Å². The molecule has 0 radical (unpaired) electrons. The number of carbonyl (C=O) groups is 1. The Morgan fingerprint density at radius 1 is 1.45 bits per heavy atom. The quantitative estimate of drug-likeness (QED) is 0.901. The number of aromatic carboxylic acids is 1. The van der Waals surface area contributed by atoms with E-state index in [2.05, 4.69) is 4.90 Å². The van der Waals surface area contributed by atoms with Crippen LogP contribution in [0.5, 0.6) is 0 Å². The summed E-state index contributed by atoms with van der Waals surface area (Å²) >= 11 is 0. The average molecular weight is 281 g/mol. The van der Waals surface area contributed by atoms with Crippen molar-refractivity contribution in [2.24, 2.45) is 0 Å². The second-order valence-electron chi connectivity index (χ2n) is 5.04. The molecule has 110 valence electrons. The van der Waals surface area contributed by atoms with Gasteiger partial charge >= 0.3 is 5.97 Å². The van der Waals surface area contributed by atoms with Gasteiger partial charge in [0.1, 0.15) is 5.82 Å². The van der Waals surface area contributed by atoms with Gasteiger partial charge in [-0.15, -0.1) is 0 Å². The van der Waals surface area contributed by atoms with Gasteiger partial charge < -0.3 is 9.84 Å². The highest BCUT2D eigenvalue weighted by molar-refractivity contribution is 5.89. The minimum Gasteiger partial charge on any atom is -0.478 e. The Bertz CT molecular complexity index is 470. The lowest BCUT2D eigenvalue weighted by Gasteiger charge is -2.32. The molecule has 1 fully saturated rings. The number of likely N-dealkylation sites (tertiary alicyclic amines) is 1. The molecule has 1 saturated heterocycles. The summed E-state index contributed by atoms with van der Waals surface area (Å²) in [4.78, 5) is 13.3. The number of carboxylic acids is 1. The van der Waals surface area contributed by atoms with Gasteiger partial charge in [-0.1, -0.05) is 0 Å². The molecule has 2 rings (SSSR count). The molecule has 4 nitrogen and oxygen atoms in total. The molecule has 0 spiro atoms. The topological polar surface area (TPSA) is 49.8 Å². The van der Waals surface area contributed by atoms with Crippen LogP contribution in [0.4, 0.5) is 4.39 Å². The van der Waals surface area contributed by atoms with Crippen molar-refractivity contribution in [3.8, 4) is 0 Å². The molecule has 1 aromatic carbocycles. The van der Waals surface area contributed by atoms with E-state index in [0.717, 1.165) is 32.5 Å². The minimum absolute atomic E-state index is 0.179. The highest BCUT2D eigenvalue weighted by Gasteiger charge is 2.21. The summed E-state index contributed by atoms with van der Waals surface area (Å²) in [6.45, 7) is 4.87. The lowest BCUT2D eigenvalue weighted by Crippen LogP contribution is -2.36. The molecule has 0 aliphatic carbocycles. The van der Waals surface area contributed by atoms with E-state index in [1.165, 1.54) is 18.2 Å². The molecule has 5 heteroatoms. The number of piperidine rings is 1. The van der Waals surface area contributed by atoms with E-state index in [-0.39, 0.29) is 5.56 Å². The smallest absolute Gasteiger partial charge is 0.336 e. The second-order valence-corrected chi connectivity index (χ2v) is 5.04. The van der Waals surface area contributed by atoms with Crippen molar-refractivity contribution in [1.29, 1.82) is 0 Å². The molecule has 0 amide bonds. The van der Waals surface area contributed by atoms with Gasteiger partial charge in [-0.2, -0.15) is 0 Å². The lowest BCUT2D eigenvalue weighted by atomic mass is 10.0. The zero-order chi connectivity index (χ0) is 14.5. The first-order valence-corrected chi connectivity index (χ1v) is 6.95. The predicted octanol–water partition coefficient (Wildman–Crippen LogP) is 2.52. The van der Waals surface area contributed by atoms with Crippen LogP contribution in [0.15, 0.2) is 18.2 Å². The van der Waals surface area contributed by atoms with Gasteiger partial charge in [-0.25, -0.2) is 9.18 Å². The monoisotopic (exact) mass is 281 g/mol. The zero-order valence-electron chi connectivity index (χ0n) is 11.6. The molecule has 1 aromatic rings. The molecule has 0 bridgehead atoms. The first-order chi connectivity index (χ1) is 9.60. The van der Waals surface area contributed by atoms with Crippen molar-refractivity contribution >= 4 is 5.97 Å². The Morgan fingerprint density at radius 3 is 2.75 bits per heavy atom. The van der Waals surface area contributed by atoms with Gasteiger partial charge in [0, 0.05) is 26.2 Å². The first kappa shape index (κ1) is 14.9. The molecule has 1 N–H and O–H groups in total. The standard InChI is InChI=1S/C15H20FNO3/c1-2-20-13-5-7-17(8-6-13)10-11-9-12(16)3-4-14(11)15(18)19/h3-4,9,13H,2,5-8,10H2,1H3,(H,18,19). The average Bonchev–Trinajstić information content (AvgIpc) is 2.41. The maximum absolute atomic E-state index is 13.3. The SMILES string of the molecule is CCOC1CCN(Cc2cc(F)ccc2C(=O)O)CC1. The molecular weight excluding hydrogens is 261 g/mol. The fraction of sp³-hybridized carbons (Fsp3) is 0.533. The van der Waals surface area contributed by atoms with E-state index in [9.17, 15) is 9.18 Å². The Morgan fingerprint density at radius 2 is 2.15 bits per heavy atom. The van der Waals surface area contributed by atoms with Gasteiger partial charge in [0.25, 0.3) is 0 Å². The largest absolute Gasteiger partial charge is 0.478 e. The molecule has 1 aliphatic rings. The van der Waals surface area contributed by atoms with Gasteiger partial charge in [-0.05, 0) is 43.5 Å². The molecule has 20 heavy (non-hydrogen) atoms. The van der Waals surface area contributed by atoms with E-state index in [4.69, 9.17) is 9.84 Å². The van der Waals surface area contributed by atoms with Crippen LogP contribution in [0.2, 0.25) is 0 Å². The van der Waals surface area contributed by atoms with Crippen LogP contribution in [0.1, 0.15) is 35.7 Å². The Labute approximate surface area is 118 Å². The third-order valence-electron chi connectivity index (χ3n) is 3.63. The number of carboxylic acid groups (broad SMARTS) is 1. The summed E-state index contributed by atoms with van der Waals surface area (Å²) < 4.78 is 18.9. The van der Waals surface area contributed by atoms with Crippen molar-refractivity contribution in [1.82, 2.24) is 4.90 Å². The number of halogens is 1. The van der Waals surface area contributed by atoms with Crippen molar-refractivity contribution in [3.63, 3.8) is 0 Å². The predicted molar refractivity (Wildman–Crippen MR) is 73.3 cm³/mol. The fourth-order valence-electron chi connectivity index (χ4n) is 2.61. The number of benzene rings is 1. The third kappa shape index (κ3) is 3.77. The highest BCUT2D eigenvalue weighted by atomic mass is 19.1. The number of ether oxygens (including phenoxy) is 1. The molecule has 1 aliphatic heterocycles. The van der Waals surface area contributed by atoms with Crippen molar-refractivity contribution in [2.45, 2.75) is 32.4 Å². The van der Waals surface area contributed by atoms with E-state index >= 15 is 0 Å². The minimum atomic E-state index is -1.01. The van der Waals surface area contributed by atoms with Crippen LogP contribution in [-0.2, 0) is 11.3 Å². The lowest BCUT2D eigenvalue weighted by molar-refractivity contribution is 0.0124. The summed E-state index contributed by atoms with van der Waals surface area (Å²) in [5.74, 6) is -1.40. The molecule has 0 saturated carbocycles. The molecule has 0 aromatic heterocycles. The maximum atomic E-state index is 13.3. The van der Waals surface area contributed by atoms with E-state index < -0.39 is 11.8 Å². The maximum Gasteiger partial charge on any atom is 0.336 e. The summed E-state index contributed by atoms with van der Waals surface area (Å²) in [7, 11) is 0. The van der Waals surface area contributed by atoms with Crippen LogP contribution in [0.25, 0.3) is 0 Å². The van der Waals surface area contributed by atoms with Crippen molar-refractivity contribution in [2.75, 3.05) is 19.7 Å².